The molecule has 0 spiro atoms. The van der Waals surface area contributed by atoms with E-state index in [1.807, 2.05) is 18.2 Å². The molecule has 0 saturated carbocycles. The van der Waals surface area contributed by atoms with Crippen molar-refractivity contribution in [3.05, 3.63) is 34.9 Å². The van der Waals surface area contributed by atoms with E-state index in [0.29, 0.717) is 17.9 Å². The quantitative estimate of drug-likeness (QED) is 0.620. The van der Waals surface area contributed by atoms with Crippen molar-refractivity contribution < 1.29 is 19.4 Å². The van der Waals surface area contributed by atoms with Crippen LogP contribution in [0.2, 0.25) is 5.02 Å². The van der Waals surface area contributed by atoms with E-state index < -0.39 is 17.9 Å². The largest absolute Gasteiger partial charge is 0.481 e. The molecule has 0 fully saturated rings. The number of ether oxygens (including phenoxy) is 1. The normalized spacial score (nSPS) is 13.6. The zero-order valence-corrected chi connectivity index (χ0v) is 12.4. The molecule has 0 heterocycles. The van der Waals surface area contributed by atoms with Gasteiger partial charge in [0.15, 0.2) is 5.92 Å². The molecule has 2 unspecified atom stereocenters. The number of hydrogen-bond donors (Lipinski definition) is 1. The molecule has 0 aromatic heterocycles. The monoisotopic (exact) mass is 298 g/mol. The minimum Gasteiger partial charge on any atom is -0.481 e. The molecule has 1 aromatic carbocycles. The maximum Gasteiger partial charge on any atom is 0.320 e. The third kappa shape index (κ3) is 4.85. The van der Waals surface area contributed by atoms with Gasteiger partial charge in [-0.15, -0.1) is 0 Å². The van der Waals surface area contributed by atoms with Crippen LogP contribution in [-0.2, 0) is 20.7 Å². The van der Waals surface area contributed by atoms with Gasteiger partial charge in [0.05, 0.1) is 6.61 Å². The number of rotatable bonds is 7. The Hall–Kier alpha value is -1.55. The highest BCUT2D eigenvalue weighted by molar-refractivity contribution is 6.30. The third-order valence-corrected chi connectivity index (χ3v) is 3.39. The van der Waals surface area contributed by atoms with Crippen molar-refractivity contribution in [1.29, 1.82) is 0 Å². The molecule has 1 N–H and O–H groups in total. The van der Waals surface area contributed by atoms with E-state index in [2.05, 4.69) is 0 Å². The SMILES string of the molecule is CCOC(=O)C(C(=O)O)C(C)CCc1cccc(Cl)c1. The second-order valence-corrected chi connectivity index (χ2v) is 5.15. The average Bonchev–Trinajstić information content (AvgIpc) is 2.36. The average molecular weight is 299 g/mol. The van der Waals surface area contributed by atoms with Crippen LogP contribution in [-0.4, -0.2) is 23.7 Å². The Labute approximate surface area is 123 Å². The lowest BCUT2D eigenvalue weighted by molar-refractivity contribution is -0.160. The van der Waals surface area contributed by atoms with Crippen LogP contribution in [0.1, 0.15) is 25.8 Å². The number of benzene rings is 1. The van der Waals surface area contributed by atoms with Crippen molar-refractivity contribution in [2.24, 2.45) is 11.8 Å². The predicted octanol–water partition coefficient (Wildman–Crippen LogP) is 3.17. The van der Waals surface area contributed by atoms with Crippen LogP contribution >= 0.6 is 11.6 Å². The van der Waals surface area contributed by atoms with E-state index >= 15 is 0 Å². The minimum absolute atomic E-state index is 0.184. The van der Waals surface area contributed by atoms with Gasteiger partial charge in [-0.25, -0.2) is 0 Å². The van der Waals surface area contributed by atoms with Gasteiger partial charge in [0.1, 0.15) is 0 Å². The molecule has 2 atom stereocenters. The third-order valence-electron chi connectivity index (χ3n) is 3.15. The molecule has 0 aliphatic rings. The molecule has 0 saturated heterocycles. The fraction of sp³-hybridized carbons (Fsp3) is 0.467. The summed E-state index contributed by atoms with van der Waals surface area (Å²) in [4.78, 5) is 22.9. The lowest BCUT2D eigenvalue weighted by Gasteiger charge is -2.18. The van der Waals surface area contributed by atoms with Crippen molar-refractivity contribution in [3.8, 4) is 0 Å². The molecule has 1 rings (SSSR count). The lowest BCUT2D eigenvalue weighted by atomic mass is 9.88. The van der Waals surface area contributed by atoms with Crippen molar-refractivity contribution >= 4 is 23.5 Å². The summed E-state index contributed by atoms with van der Waals surface area (Å²) in [5.41, 5.74) is 1.03. The maximum atomic E-state index is 11.7. The van der Waals surface area contributed by atoms with E-state index in [1.165, 1.54) is 0 Å². The van der Waals surface area contributed by atoms with Crippen LogP contribution in [0.5, 0.6) is 0 Å². The molecular weight excluding hydrogens is 280 g/mol. The Bertz CT molecular complexity index is 473. The van der Waals surface area contributed by atoms with Crippen LogP contribution in [0.3, 0.4) is 0 Å². The van der Waals surface area contributed by atoms with E-state index in [9.17, 15) is 9.59 Å². The first-order chi connectivity index (χ1) is 9.45. The van der Waals surface area contributed by atoms with Crippen molar-refractivity contribution in [2.75, 3.05) is 6.61 Å². The molecule has 0 amide bonds. The van der Waals surface area contributed by atoms with Crippen LogP contribution in [0.25, 0.3) is 0 Å². The van der Waals surface area contributed by atoms with Crippen LogP contribution in [0.4, 0.5) is 0 Å². The summed E-state index contributed by atoms with van der Waals surface area (Å²) in [6, 6.07) is 7.41. The second-order valence-electron chi connectivity index (χ2n) is 4.71. The summed E-state index contributed by atoms with van der Waals surface area (Å²) in [6.07, 6.45) is 1.25. The van der Waals surface area contributed by atoms with E-state index in [4.69, 9.17) is 21.4 Å². The van der Waals surface area contributed by atoms with Gasteiger partial charge in [0, 0.05) is 5.02 Å². The zero-order valence-electron chi connectivity index (χ0n) is 11.6. The molecule has 20 heavy (non-hydrogen) atoms. The molecule has 0 radical (unpaired) electrons. The lowest BCUT2D eigenvalue weighted by Crippen LogP contribution is -2.32. The number of carbonyl (C=O) groups is 2. The maximum absolute atomic E-state index is 11.7. The predicted molar refractivity (Wildman–Crippen MR) is 76.7 cm³/mol. The molecule has 0 bridgehead atoms. The Morgan fingerprint density at radius 3 is 2.65 bits per heavy atom. The molecule has 1 aromatic rings. The first-order valence-electron chi connectivity index (χ1n) is 6.59. The summed E-state index contributed by atoms with van der Waals surface area (Å²) in [5.74, 6) is -3.22. The fourth-order valence-electron chi connectivity index (χ4n) is 2.06. The number of carbonyl (C=O) groups excluding carboxylic acids is 1. The van der Waals surface area contributed by atoms with Gasteiger partial charge < -0.3 is 9.84 Å². The van der Waals surface area contributed by atoms with Gasteiger partial charge in [0.25, 0.3) is 0 Å². The van der Waals surface area contributed by atoms with Crippen molar-refractivity contribution in [1.82, 2.24) is 0 Å². The topological polar surface area (TPSA) is 63.6 Å². The number of aliphatic carboxylic acids is 1. The van der Waals surface area contributed by atoms with Gasteiger partial charge in [0.2, 0.25) is 0 Å². The van der Waals surface area contributed by atoms with Crippen molar-refractivity contribution in [3.63, 3.8) is 0 Å². The number of esters is 1. The smallest absolute Gasteiger partial charge is 0.320 e. The molecule has 110 valence electrons. The summed E-state index contributed by atoms with van der Waals surface area (Å²) in [5, 5.41) is 9.81. The fourth-order valence-corrected chi connectivity index (χ4v) is 2.27. The van der Waals surface area contributed by atoms with Crippen LogP contribution < -0.4 is 0 Å². The number of hydrogen-bond acceptors (Lipinski definition) is 3. The minimum atomic E-state index is -1.14. The second kappa shape index (κ2) is 7.90. The molecule has 4 nitrogen and oxygen atoms in total. The Kier molecular flexibility index (Phi) is 6.52. The van der Waals surface area contributed by atoms with E-state index in [-0.39, 0.29) is 12.5 Å². The Balaban J connectivity index is 2.65. The number of aryl methyl sites for hydroxylation is 1. The molecular formula is C15H19ClO4. The Morgan fingerprint density at radius 1 is 1.40 bits per heavy atom. The number of carboxylic acids is 1. The van der Waals surface area contributed by atoms with Gasteiger partial charge in [-0.1, -0.05) is 30.7 Å². The van der Waals surface area contributed by atoms with Gasteiger partial charge >= 0.3 is 11.9 Å². The van der Waals surface area contributed by atoms with E-state index in [1.54, 1.807) is 19.9 Å². The highest BCUT2D eigenvalue weighted by Crippen LogP contribution is 2.21. The van der Waals surface area contributed by atoms with Gasteiger partial charge in [-0.3, -0.25) is 9.59 Å². The summed E-state index contributed by atoms with van der Waals surface area (Å²) < 4.78 is 4.82. The summed E-state index contributed by atoms with van der Waals surface area (Å²) in [7, 11) is 0. The van der Waals surface area contributed by atoms with E-state index in [0.717, 1.165) is 5.56 Å². The first-order valence-corrected chi connectivity index (χ1v) is 6.97. The van der Waals surface area contributed by atoms with Crippen molar-refractivity contribution in [2.45, 2.75) is 26.7 Å². The summed E-state index contributed by atoms with van der Waals surface area (Å²) in [6.45, 7) is 3.59. The standard InChI is InChI=1S/C15H19ClO4/c1-3-20-15(19)13(14(17)18)10(2)7-8-11-5-4-6-12(16)9-11/h4-6,9-10,13H,3,7-8H2,1-2H3,(H,17,18). The first kappa shape index (κ1) is 16.5. The van der Waals surface area contributed by atoms with Crippen LogP contribution in [0.15, 0.2) is 24.3 Å². The highest BCUT2D eigenvalue weighted by Gasteiger charge is 2.33. The molecule has 5 heteroatoms. The molecule has 0 aliphatic carbocycles. The summed E-state index contributed by atoms with van der Waals surface area (Å²) >= 11 is 5.90. The zero-order chi connectivity index (χ0) is 15.1. The van der Waals surface area contributed by atoms with Gasteiger partial charge in [-0.05, 0) is 43.4 Å². The number of halogens is 1. The highest BCUT2D eigenvalue weighted by atomic mass is 35.5. The number of carboxylic acid groups (broad SMARTS) is 1. The Morgan fingerprint density at radius 2 is 2.10 bits per heavy atom. The molecule has 0 aliphatic heterocycles. The van der Waals surface area contributed by atoms with Crippen LogP contribution in [0, 0.1) is 11.8 Å². The van der Waals surface area contributed by atoms with Gasteiger partial charge in [-0.2, -0.15) is 0 Å².